The zero-order valence-corrected chi connectivity index (χ0v) is 13.2. The summed E-state index contributed by atoms with van der Waals surface area (Å²) in [7, 11) is 0. The van der Waals surface area contributed by atoms with Gasteiger partial charge in [0.25, 0.3) is 0 Å². The van der Waals surface area contributed by atoms with Crippen LogP contribution in [0.15, 0.2) is 24.7 Å². The molecule has 1 amide bonds. The molecule has 1 aliphatic heterocycles. The molecule has 23 heavy (non-hydrogen) atoms. The van der Waals surface area contributed by atoms with E-state index in [1.165, 1.54) is 0 Å². The average molecular weight is 318 g/mol. The van der Waals surface area contributed by atoms with Crippen molar-refractivity contribution < 1.29 is 9.90 Å². The van der Waals surface area contributed by atoms with Gasteiger partial charge in [-0.1, -0.05) is 12.1 Å². The molecular weight excluding hydrogens is 296 g/mol. The topological polar surface area (TPSA) is 89.1 Å². The summed E-state index contributed by atoms with van der Waals surface area (Å²) in [5.41, 5.74) is 0.580. The highest BCUT2D eigenvalue weighted by molar-refractivity contribution is 5.78. The molecule has 1 aliphatic rings. The Morgan fingerprint density at radius 3 is 2.83 bits per heavy atom. The number of hydrogen-bond donors (Lipinski definition) is 1. The third-order valence-corrected chi connectivity index (χ3v) is 4.31. The Balaban J connectivity index is 1.52. The molecule has 0 bridgehead atoms. The van der Waals surface area contributed by atoms with Crippen molar-refractivity contribution in [3.05, 3.63) is 30.4 Å². The molecule has 8 nitrogen and oxygen atoms in total. The van der Waals surface area contributed by atoms with Gasteiger partial charge in [0.15, 0.2) is 0 Å². The van der Waals surface area contributed by atoms with E-state index >= 15 is 0 Å². The molecule has 1 atom stereocenters. The number of carbonyl (C=O) groups excluding carboxylic acids is 1. The van der Waals surface area contributed by atoms with Gasteiger partial charge in [-0.2, -0.15) is 5.10 Å². The van der Waals surface area contributed by atoms with E-state index in [4.69, 9.17) is 5.11 Å². The number of rotatable bonds is 5. The summed E-state index contributed by atoms with van der Waals surface area (Å²) in [6.45, 7) is 3.90. The van der Waals surface area contributed by atoms with Gasteiger partial charge in [-0.3, -0.25) is 9.48 Å². The lowest BCUT2D eigenvalue weighted by atomic mass is 10.0. The Bertz CT molecular complexity index is 630. The van der Waals surface area contributed by atoms with E-state index in [-0.39, 0.29) is 24.5 Å². The van der Waals surface area contributed by atoms with Crippen molar-refractivity contribution in [3.63, 3.8) is 0 Å². The number of aliphatic hydroxyl groups is 1. The number of likely N-dealkylation sites (tertiary alicyclic amines) is 1. The highest BCUT2D eigenvalue weighted by atomic mass is 16.3. The van der Waals surface area contributed by atoms with E-state index in [1.54, 1.807) is 21.8 Å². The smallest absolute Gasteiger partial charge is 0.227 e. The molecule has 0 unspecified atom stereocenters. The van der Waals surface area contributed by atoms with E-state index in [0.29, 0.717) is 12.2 Å². The average Bonchev–Trinajstić information content (AvgIpc) is 3.25. The minimum absolute atomic E-state index is 0.0844. The van der Waals surface area contributed by atoms with Crippen molar-refractivity contribution in [3.8, 4) is 0 Å². The van der Waals surface area contributed by atoms with Gasteiger partial charge in [-0.25, -0.2) is 4.68 Å². The molecule has 124 valence electrons. The number of aliphatic hydroxyl groups excluding tert-OH is 1. The summed E-state index contributed by atoms with van der Waals surface area (Å²) < 4.78 is 3.60. The summed E-state index contributed by atoms with van der Waals surface area (Å²) >= 11 is 0. The molecular formula is C15H22N6O2. The van der Waals surface area contributed by atoms with Crippen LogP contribution >= 0.6 is 0 Å². The van der Waals surface area contributed by atoms with Crippen molar-refractivity contribution >= 4 is 5.91 Å². The number of piperidine rings is 1. The van der Waals surface area contributed by atoms with Crippen LogP contribution in [0.25, 0.3) is 0 Å². The summed E-state index contributed by atoms with van der Waals surface area (Å²) in [4.78, 5) is 14.5. The molecule has 8 heteroatoms. The molecule has 3 rings (SSSR count). The Morgan fingerprint density at radius 1 is 1.43 bits per heavy atom. The maximum Gasteiger partial charge on any atom is 0.227 e. The standard InChI is InChI=1S/C15H22N6O2/c1-12(9-20-6-2-5-16-20)15(23)19-7-3-14(4-8-19)21-10-13(11-22)17-18-21/h2,5-6,10,12,14,22H,3-4,7-9,11H2,1H3/t12-/m1/s1. The van der Waals surface area contributed by atoms with E-state index in [1.807, 2.05) is 24.1 Å². The maximum atomic E-state index is 12.5. The van der Waals surface area contributed by atoms with Crippen molar-refractivity contribution in [2.45, 2.75) is 39.0 Å². The van der Waals surface area contributed by atoms with Crippen molar-refractivity contribution in [1.82, 2.24) is 29.7 Å². The largest absolute Gasteiger partial charge is 0.390 e. The van der Waals surface area contributed by atoms with E-state index in [9.17, 15) is 4.79 Å². The zero-order valence-electron chi connectivity index (χ0n) is 13.2. The highest BCUT2D eigenvalue weighted by Crippen LogP contribution is 2.23. The molecule has 3 heterocycles. The van der Waals surface area contributed by atoms with Gasteiger partial charge in [-0.15, -0.1) is 5.10 Å². The normalized spacial score (nSPS) is 17.4. The third-order valence-electron chi connectivity index (χ3n) is 4.31. The molecule has 2 aromatic rings. The van der Waals surface area contributed by atoms with Crippen molar-refractivity contribution in [1.29, 1.82) is 0 Å². The van der Waals surface area contributed by atoms with Gasteiger partial charge in [0.1, 0.15) is 5.69 Å². The first-order chi connectivity index (χ1) is 11.2. The highest BCUT2D eigenvalue weighted by Gasteiger charge is 2.27. The Morgan fingerprint density at radius 2 is 2.22 bits per heavy atom. The predicted octanol–water partition coefficient (Wildman–Crippen LogP) is 0.467. The fourth-order valence-electron chi connectivity index (χ4n) is 2.99. The number of hydrogen-bond acceptors (Lipinski definition) is 5. The summed E-state index contributed by atoms with van der Waals surface area (Å²) in [5.74, 6) is 0.0902. The number of aromatic nitrogens is 5. The maximum absolute atomic E-state index is 12.5. The minimum Gasteiger partial charge on any atom is -0.390 e. The van der Waals surface area contributed by atoms with E-state index in [2.05, 4.69) is 15.4 Å². The Hall–Kier alpha value is -2.22. The Labute approximate surface area is 134 Å². The van der Waals surface area contributed by atoms with Gasteiger partial charge in [0.2, 0.25) is 5.91 Å². The molecule has 0 saturated carbocycles. The number of carbonyl (C=O) groups is 1. The fraction of sp³-hybridized carbons (Fsp3) is 0.600. The second kappa shape index (κ2) is 6.91. The molecule has 0 aromatic carbocycles. The Kier molecular flexibility index (Phi) is 4.71. The van der Waals surface area contributed by atoms with E-state index in [0.717, 1.165) is 25.9 Å². The van der Waals surface area contributed by atoms with Crippen LogP contribution in [0.4, 0.5) is 0 Å². The number of nitrogens with zero attached hydrogens (tertiary/aromatic N) is 6. The quantitative estimate of drug-likeness (QED) is 0.865. The predicted molar refractivity (Wildman–Crippen MR) is 82.2 cm³/mol. The van der Waals surface area contributed by atoms with Gasteiger partial charge in [0.05, 0.1) is 31.3 Å². The lowest BCUT2D eigenvalue weighted by molar-refractivity contribution is -0.136. The minimum atomic E-state index is -0.0950. The molecule has 0 aliphatic carbocycles. The second-order valence-corrected chi connectivity index (χ2v) is 6.03. The van der Waals surface area contributed by atoms with Gasteiger partial charge < -0.3 is 10.0 Å². The lowest BCUT2D eigenvalue weighted by Gasteiger charge is -2.33. The summed E-state index contributed by atoms with van der Waals surface area (Å²) in [6, 6.07) is 2.11. The monoisotopic (exact) mass is 318 g/mol. The van der Waals surface area contributed by atoms with Crippen LogP contribution < -0.4 is 0 Å². The SMILES string of the molecule is C[C@H](Cn1cccn1)C(=O)N1CCC(n2cc(CO)nn2)CC1. The molecule has 1 fully saturated rings. The van der Waals surface area contributed by atoms with Crippen LogP contribution in [0, 0.1) is 5.92 Å². The summed E-state index contributed by atoms with van der Waals surface area (Å²) in [5, 5.41) is 21.2. The molecule has 0 radical (unpaired) electrons. The molecule has 0 spiro atoms. The van der Waals surface area contributed by atoms with Crippen LogP contribution in [0.3, 0.4) is 0 Å². The third kappa shape index (κ3) is 3.58. The van der Waals surface area contributed by atoms with Gasteiger partial charge in [0, 0.05) is 25.5 Å². The fourth-order valence-corrected chi connectivity index (χ4v) is 2.99. The summed E-state index contributed by atoms with van der Waals surface area (Å²) in [6.07, 6.45) is 7.09. The number of amides is 1. The van der Waals surface area contributed by atoms with Crippen molar-refractivity contribution in [2.24, 2.45) is 5.92 Å². The first-order valence-corrected chi connectivity index (χ1v) is 7.95. The first-order valence-electron chi connectivity index (χ1n) is 7.95. The van der Waals surface area contributed by atoms with Gasteiger partial charge >= 0.3 is 0 Å². The van der Waals surface area contributed by atoms with E-state index < -0.39 is 0 Å². The second-order valence-electron chi connectivity index (χ2n) is 6.03. The van der Waals surface area contributed by atoms with Crippen LogP contribution in [0.1, 0.15) is 31.5 Å². The van der Waals surface area contributed by atoms with Crippen molar-refractivity contribution in [2.75, 3.05) is 13.1 Å². The lowest BCUT2D eigenvalue weighted by Crippen LogP contribution is -2.42. The van der Waals surface area contributed by atoms with Crippen LogP contribution in [0.2, 0.25) is 0 Å². The molecule has 2 aromatic heterocycles. The van der Waals surface area contributed by atoms with Crippen LogP contribution in [-0.2, 0) is 17.9 Å². The first kappa shape index (κ1) is 15.7. The molecule has 1 N–H and O–H groups in total. The molecule has 1 saturated heterocycles. The zero-order chi connectivity index (χ0) is 16.2. The van der Waals surface area contributed by atoms with Gasteiger partial charge in [-0.05, 0) is 18.9 Å². The van der Waals surface area contributed by atoms with Crippen LogP contribution in [-0.4, -0.2) is 53.8 Å². The van der Waals surface area contributed by atoms with Crippen LogP contribution in [0.5, 0.6) is 0 Å².